The highest BCUT2D eigenvalue weighted by Gasteiger charge is 2.30. The van der Waals surface area contributed by atoms with Crippen LogP contribution in [0.15, 0.2) is 103 Å². The number of aromatic nitrogens is 1. The number of carbonyl (C=O) groups is 2. The van der Waals surface area contributed by atoms with Crippen LogP contribution in [0.2, 0.25) is 5.02 Å². The molecular formula is C29H26ClN3O2. The number of allylic oxidation sites excluding steroid dienone is 7. The Morgan fingerprint density at radius 2 is 1.74 bits per heavy atom. The topological polar surface area (TPSA) is 74.0 Å². The molecule has 3 N–H and O–H groups in total. The van der Waals surface area contributed by atoms with Crippen molar-refractivity contribution in [3.05, 3.63) is 119 Å². The molecule has 2 aliphatic rings. The Labute approximate surface area is 209 Å². The monoisotopic (exact) mass is 483 g/mol. The third-order valence-electron chi connectivity index (χ3n) is 6.51. The molecule has 1 heterocycles. The Balaban J connectivity index is 1.36. The lowest BCUT2D eigenvalue weighted by Gasteiger charge is -2.27. The van der Waals surface area contributed by atoms with E-state index in [-0.39, 0.29) is 23.7 Å². The summed E-state index contributed by atoms with van der Waals surface area (Å²) in [7, 11) is 0. The second-order valence-electron chi connectivity index (χ2n) is 8.81. The molecule has 2 aliphatic carbocycles. The molecule has 1 aromatic heterocycles. The van der Waals surface area contributed by atoms with Crippen LogP contribution in [0.3, 0.4) is 0 Å². The number of H-pyrrole nitrogens is 1. The quantitative estimate of drug-likeness (QED) is 0.441. The molecule has 6 heteroatoms. The van der Waals surface area contributed by atoms with Crippen LogP contribution >= 0.6 is 11.6 Å². The van der Waals surface area contributed by atoms with Crippen molar-refractivity contribution >= 4 is 34.3 Å². The molecule has 3 atom stereocenters. The van der Waals surface area contributed by atoms with E-state index in [0.29, 0.717) is 23.6 Å². The number of halogens is 1. The van der Waals surface area contributed by atoms with E-state index < -0.39 is 6.04 Å². The second kappa shape index (κ2) is 10.2. The van der Waals surface area contributed by atoms with Crippen molar-refractivity contribution in [2.24, 2.45) is 11.8 Å². The molecule has 0 radical (unpaired) electrons. The van der Waals surface area contributed by atoms with Crippen molar-refractivity contribution < 1.29 is 9.59 Å². The summed E-state index contributed by atoms with van der Waals surface area (Å²) in [6, 6.07) is 14.5. The highest BCUT2D eigenvalue weighted by molar-refractivity contribution is 6.30. The van der Waals surface area contributed by atoms with Crippen LogP contribution in [0.5, 0.6) is 0 Å². The maximum absolute atomic E-state index is 13.4. The molecule has 35 heavy (non-hydrogen) atoms. The third kappa shape index (κ3) is 5.15. The standard InChI is InChI=1S/C29H26ClN3O2/c30-22-14-12-19(13-15-22)17-32-29(35)27(16-21-18-31-26-11-4-3-9-24(21)26)33-28(34)25-10-5-7-20-6-1-2-8-23(20)25/h1-15,18,20,23,27,31H,16-17H2,(H,32,35)(H,33,34). The van der Waals surface area contributed by atoms with Crippen LogP contribution in [0, 0.1) is 11.8 Å². The van der Waals surface area contributed by atoms with E-state index in [9.17, 15) is 9.59 Å². The summed E-state index contributed by atoms with van der Waals surface area (Å²) in [6.45, 7) is 0.347. The minimum absolute atomic E-state index is 0.0316. The predicted octanol–water partition coefficient (Wildman–Crippen LogP) is 5.02. The second-order valence-corrected chi connectivity index (χ2v) is 9.25. The Hall–Kier alpha value is -3.83. The van der Waals surface area contributed by atoms with Gasteiger partial charge in [-0.3, -0.25) is 9.59 Å². The fourth-order valence-electron chi connectivity index (χ4n) is 4.63. The first-order valence-corrected chi connectivity index (χ1v) is 12.1. The molecule has 176 valence electrons. The van der Waals surface area contributed by atoms with Gasteiger partial charge in [0.1, 0.15) is 6.04 Å². The van der Waals surface area contributed by atoms with Gasteiger partial charge in [-0.15, -0.1) is 0 Å². The lowest BCUT2D eigenvalue weighted by Crippen LogP contribution is -2.49. The van der Waals surface area contributed by atoms with E-state index >= 15 is 0 Å². The van der Waals surface area contributed by atoms with Crippen LogP contribution < -0.4 is 10.6 Å². The van der Waals surface area contributed by atoms with E-state index in [1.165, 1.54) is 0 Å². The van der Waals surface area contributed by atoms with Crippen LogP contribution in [0.25, 0.3) is 10.9 Å². The number of para-hydroxylation sites is 1. The smallest absolute Gasteiger partial charge is 0.248 e. The molecule has 0 bridgehead atoms. The minimum atomic E-state index is -0.734. The molecule has 3 unspecified atom stereocenters. The van der Waals surface area contributed by atoms with Gasteiger partial charge in [0.25, 0.3) is 0 Å². The number of rotatable bonds is 7. The van der Waals surface area contributed by atoms with Crippen LogP contribution in [0.1, 0.15) is 11.1 Å². The minimum Gasteiger partial charge on any atom is -0.361 e. The van der Waals surface area contributed by atoms with E-state index in [1.807, 2.05) is 73.0 Å². The largest absolute Gasteiger partial charge is 0.361 e. The normalized spacial score (nSPS) is 19.2. The number of amides is 2. The Morgan fingerprint density at radius 1 is 0.971 bits per heavy atom. The lowest BCUT2D eigenvalue weighted by molar-refractivity contribution is -0.127. The van der Waals surface area contributed by atoms with Gasteiger partial charge < -0.3 is 15.6 Å². The summed E-state index contributed by atoms with van der Waals surface area (Å²) < 4.78 is 0. The molecule has 0 saturated heterocycles. The molecule has 0 fully saturated rings. The van der Waals surface area contributed by atoms with Crippen molar-refractivity contribution in [1.29, 1.82) is 0 Å². The zero-order chi connectivity index (χ0) is 24.2. The number of fused-ring (bicyclic) bond motifs is 2. The molecule has 0 saturated carbocycles. The van der Waals surface area contributed by atoms with Crippen molar-refractivity contribution in [2.45, 2.75) is 19.0 Å². The van der Waals surface area contributed by atoms with Crippen molar-refractivity contribution in [3.8, 4) is 0 Å². The molecule has 0 aliphatic heterocycles. The van der Waals surface area contributed by atoms with Crippen LogP contribution in [-0.4, -0.2) is 22.8 Å². The summed E-state index contributed by atoms with van der Waals surface area (Å²) in [4.78, 5) is 30.0. The first-order chi connectivity index (χ1) is 17.1. The third-order valence-corrected chi connectivity index (χ3v) is 6.76. The number of hydrogen-bond donors (Lipinski definition) is 3. The average Bonchev–Trinajstić information content (AvgIpc) is 3.30. The SMILES string of the molecule is O=C(NC(Cc1c[nH]c2ccccc12)C(=O)NCc1ccc(Cl)cc1)C1=CC=CC2C=CC=CC12. The number of carbonyl (C=O) groups excluding carboxylic acids is 2. The molecule has 2 aromatic carbocycles. The molecule has 2 amide bonds. The Morgan fingerprint density at radius 3 is 2.60 bits per heavy atom. The van der Waals surface area contributed by atoms with Crippen LogP contribution in [-0.2, 0) is 22.6 Å². The van der Waals surface area contributed by atoms with Crippen molar-refractivity contribution in [1.82, 2.24) is 15.6 Å². The zero-order valence-corrected chi connectivity index (χ0v) is 19.8. The van der Waals surface area contributed by atoms with Crippen molar-refractivity contribution in [2.75, 3.05) is 0 Å². The number of aromatic amines is 1. The number of hydrogen-bond acceptors (Lipinski definition) is 2. The highest BCUT2D eigenvalue weighted by atomic mass is 35.5. The average molecular weight is 484 g/mol. The van der Waals surface area contributed by atoms with Crippen molar-refractivity contribution in [3.63, 3.8) is 0 Å². The molecular weight excluding hydrogens is 458 g/mol. The molecule has 3 aromatic rings. The van der Waals surface area contributed by atoms with Gasteiger partial charge >= 0.3 is 0 Å². The first kappa shape index (κ1) is 22.9. The van der Waals surface area contributed by atoms with Gasteiger partial charge in [-0.25, -0.2) is 0 Å². The number of nitrogens with one attached hydrogen (secondary N) is 3. The van der Waals surface area contributed by atoms with Gasteiger partial charge in [-0.05, 0) is 29.3 Å². The Bertz CT molecular complexity index is 1360. The van der Waals surface area contributed by atoms with Gasteiger partial charge in [-0.1, -0.05) is 84.5 Å². The molecule has 0 spiro atoms. The highest BCUT2D eigenvalue weighted by Crippen LogP contribution is 2.31. The fourth-order valence-corrected chi connectivity index (χ4v) is 4.76. The predicted molar refractivity (Wildman–Crippen MR) is 140 cm³/mol. The maximum Gasteiger partial charge on any atom is 0.248 e. The van der Waals surface area contributed by atoms with E-state index in [4.69, 9.17) is 11.6 Å². The zero-order valence-electron chi connectivity index (χ0n) is 19.1. The van der Waals surface area contributed by atoms with Gasteiger partial charge in [0.2, 0.25) is 11.8 Å². The van der Waals surface area contributed by atoms with E-state index in [2.05, 4.69) is 27.8 Å². The summed E-state index contributed by atoms with van der Waals surface area (Å²) in [5.74, 6) is -0.343. The fraction of sp³-hybridized carbons (Fsp3) is 0.172. The maximum atomic E-state index is 13.4. The van der Waals surface area contributed by atoms with Gasteiger partial charge in [0.15, 0.2) is 0 Å². The number of benzene rings is 2. The lowest BCUT2D eigenvalue weighted by atomic mass is 9.79. The van der Waals surface area contributed by atoms with E-state index in [0.717, 1.165) is 22.0 Å². The Kier molecular flexibility index (Phi) is 6.68. The summed E-state index contributed by atoms with van der Waals surface area (Å²) >= 11 is 5.97. The first-order valence-electron chi connectivity index (χ1n) is 11.7. The summed E-state index contributed by atoms with van der Waals surface area (Å²) in [5, 5.41) is 7.68. The van der Waals surface area contributed by atoms with Gasteiger partial charge in [0.05, 0.1) is 0 Å². The summed E-state index contributed by atoms with van der Waals surface area (Å²) in [6.07, 6.45) is 16.2. The van der Waals surface area contributed by atoms with E-state index in [1.54, 1.807) is 12.1 Å². The van der Waals surface area contributed by atoms with Gasteiger partial charge in [-0.2, -0.15) is 0 Å². The van der Waals surface area contributed by atoms with Crippen LogP contribution in [0.4, 0.5) is 0 Å². The molecule has 5 rings (SSSR count). The van der Waals surface area contributed by atoms with Gasteiger partial charge in [0, 0.05) is 52.5 Å². The molecule has 5 nitrogen and oxygen atoms in total. The summed E-state index contributed by atoms with van der Waals surface area (Å²) in [5.41, 5.74) is 3.56.